The Labute approximate surface area is 157 Å². The molecule has 0 unspecified atom stereocenters. The van der Waals surface area contributed by atoms with E-state index in [0.717, 1.165) is 30.5 Å². The Hall–Kier alpha value is -2.75. The third-order valence-corrected chi connectivity index (χ3v) is 5.17. The summed E-state index contributed by atoms with van der Waals surface area (Å²) in [4.78, 5) is 5.01. The molecule has 4 nitrogen and oxygen atoms in total. The average molecular weight is 416 g/mol. The molecule has 0 amide bonds. The first-order chi connectivity index (χ1) is 12.9. The molecule has 28 heavy (non-hydrogen) atoms. The molecule has 0 radical (unpaired) electrons. The Morgan fingerprint density at radius 3 is 2.11 bits per heavy atom. The summed E-state index contributed by atoms with van der Waals surface area (Å²) in [5, 5.41) is 0. The molecule has 148 valence electrons. The first kappa shape index (κ1) is 20.0. The van der Waals surface area contributed by atoms with Crippen molar-refractivity contribution in [2.45, 2.75) is 18.0 Å². The zero-order valence-electron chi connectivity index (χ0n) is 14.5. The van der Waals surface area contributed by atoms with Gasteiger partial charge < -0.3 is 4.98 Å². The highest BCUT2D eigenvalue weighted by Gasteiger charge is 2.36. The van der Waals surface area contributed by atoms with Crippen LogP contribution < -0.4 is 0 Å². The van der Waals surface area contributed by atoms with E-state index in [1.165, 1.54) is 19.1 Å². The van der Waals surface area contributed by atoms with E-state index in [4.69, 9.17) is 0 Å². The number of aromatic nitrogens is 2. The number of sulfone groups is 1. The molecule has 2 aromatic carbocycles. The molecule has 1 N–H and O–H groups in total. The fourth-order valence-corrected chi connectivity index (χ4v) is 3.35. The van der Waals surface area contributed by atoms with Gasteiger partial charge in [-0.1, -0.05) is 18.2 Å². The second kappa shape index (κ2) is 6.69. The molecule has 1 heterocycles. The highest BCUT2D eigenvalue weighted by molar-refractivity contribution is 7.90. The van der Waals surface area contributed by atoms with Crippen LogP contribution in [0.15, 0.2) is 41.3 Å². The number of aromatic amines is 1. The monoisotopic (exact) mass is 416 g/mol. The van der Waals surface area contributed by atoms with Crippen molar-refractivity contribution >= 4 is 9.84 Å². The molecule has 3 rings (SSSR count). The number of rotatable bonds is 3. The van der Waals surface area contributed by atoms with Crippen molar-refractivity contribution in [2.75, 3.05) is 6.26 Å². The summed E-state index contributed by atoms with van der Waals surface area (Å²) in [6, 6.07) is 6.69. The van der Waals surface area contributed by atoms with Gasteiger partial charge in [0.1, 0.15) is 16.5 Å². The highest BCUT2D eigenvalue weighted by atomic mass is 32.2. The van der Waals surface area contributed by atoms with E-state index in [9.17, 15) is 30.4 Å². The molecule has 1 aromatic heterocycles. The average Bonchev–Trinajstić information content (AvgIpc) is 3.01. The molecular formula is C18H13F5N2O2S. The van der Waals surface area contributed by atoms with E-state index in [1.807, 2.05) is 0 Å². The lowest BCUT2D eigenvalue weighted by molar-refractivity contribution is -0.144. The number of hydrogen-bond acceptors (Lipinski definition) is 3. The molecule has 0 spiro atoms. The van der Waals surface area contributed by atoms with Gasteiger partial charge in [-0.3, -0.25) is 0 Å². The van der Waals surface area contributed by atoms with E-state index < -0.39 is 38.4 Å². The number of alkyl halides is 3. The fourth-order valence-electron chi connectivity index (χ4n) is 2.62. The second-order valence-electron chi connectivity index (χ2n) is 6.19. The largest absolute Gasteiger partial charge is 0.449 e. The van der Waals surface area contributed by atoms with Gasteiger partial charge in [0.2, 0.25) is 5.82 Å². The van der Waals surface area contributed by atoms with Gasteiger partial charge in [0.25, 0.3) is 0 Å². The second-order valence-corrected chi connectivity index (χ2v) is 8.17. The Balaban J connectivity index is 2.24. The predicted octanol–water partition coefficient (Wildman–Crippen LogP) is 4.75. The van der Waals surface area contributed by atoms with Crippen molar-refractivity contribution in [2.24, 2.45) is 0 Å². The van der Waals surface area contributed by atoms with Gasteiger partial charge in [0.05, 0.1) is 11.4 Å². The molecule has 0 fully saturated rings. The van der Waals surface area contributed by atoms with E-state index in [2.05, 4.69) is 9.97 Å². The number of H-pyrrole nitrogens is 1. The van der Waals surface area contributed by atoms with Gasteiger partial charge in [-0.2, -0.15) is 13.2 Å². The van der Waals surface area contributed by atoms with Crippen molar-refractivity contribution < 1.29 is 30.4 Å². The van der Waals surface area contributed by atoms with Crippen molar-refractivity contribution in [3.63, 3.8) is 0 Å². The van der Waals surface area contributed by atoms with Crippen LogP contribution >= 0.6 is 0 Å². The summed E-state index contributed by atoms with van der Waals surface area (Å²) < 4.78 is 90.6. The van der Waals surface area contributed by atoms with Crippen molar-refractivity contribution in [3.05, 3.63) is 59.4 Å². The molecule has 3 aromatic rings. The van der Waals surface area contributed by atoms with Gasteiger partial charge in [0, 0.05) is 17.4 Å². The highest BCUT2D eigenvalue weighted by Crippen LogP contribution is 2.36. The van der Waals surface area contributed by atoms with Gasteiger partial charge in [-0.25, -0.2) is 22.2 Å². The van der Waals surface area contributed by atoms with Gasteiger partial charge in [-0.15, -0.1) is 0 Å². The number of halogens is 5. The lowest BCUT2D eigenvalue weighted by Gasteiger charge is -2.07. The Morgan fingerprint density at radius 2 is 1.57 bits per heavy atom. The Morgan fingerprint density at radius 1 is 0.964 bits per heavy atom. The summed E-state index contributed by atoms with van der Waals surface area (Å²) >= 11 is 0. The van der Waals surface area contributed by atoms with Crippen LogP contribution in [0.1, 0.15) is 11.4 Å². The van der Waals surface area contributed by atoms with E-state index in [1.54, 1.807) is 0 Å². The normalized spacial score (nSPS) is 12.4. The number of imidazole rings is 1. The Bertz CT molecular complexity index is 1170. The third kappa shape index (κ3) is 3.77. The molecule has 0 saturated carbocycles. The topological polar surface area (TPSA) is 62.8 Å². The first-order valence-corrected chi connectivity index (χ1v) is 9.71. The van der Waals surface area contributed by atoms with Gasteiger partial charge in [-0.05, 0) is 30.7 Å². The number of hydrogen-bond donors (Lipinski definition) is 1. The van der Waals surface area contributed by atoms with Crippen LogP contribution in [0.4, 0.5) is 22.0 Å². The van der Waals surface area contributed by atoms with Crippen molar-refractivity contribution in [1.29, 1.82) is 0 Å². The standard InChI is InChI=1S/C18H13F5N2O2S/c1-9-3-4-10(7-12(9)19)15-16(25-17(24-15)18(21,22)23)11-5-6-14(13(20)8-11)28(2,26)27/h3-8H,1-2H3,(H,24,25). The molecular weight excluding hydrogens is 403 g/mol. The van der Waals surface area contributed by atoms with Crippen LogP contribution in [0.2, 0.25) is 0 Å². The number of nitrogens with zero attached hydrogens (tertiary/aromatic N) is 1. The summed E-state index contributed by atoms with van der Waals surface area (Å²) in [5.41, 5.74) is -0.169. The van der Waals surface area contributed by atoms with Crippen LogP contribution in [0, 0.1) is 18.6 Å². The number of nitrogens with one attached hydrogen (secondary N) is 1. The van der Waals surface area contributed by atoms with Crippen molar-refractivity contribution in [1.82, 2.24) is 9.97 Å². The predicted molar refractivity (Wildman–Crippen MR) is 92.2 cm³/mol. The van der Waals surface area contributed by atoms with Crippen LogP contribution in [0.5, 0.6) is 0 Å². The lowest BCUT2D eigenvalue weighted by Crippen LogP contribution is -2.07. The zero-order chi connectivity index (χ0) is 20.9. The van der Waals surface area contributed by atoms with Crippen LogP contribution in [-0.4, -0.2) is 24.6 Å². The van der Waals surface area contributed by atoms with Crippen LogP contribution in [-0.2, 0) is 16.0 Å². The maximum absolute atomic E-state index is 14.2. The van der Waals surface area contributed by atoms with Gasteiger partial charge in [0.15, 0.2) is 9.84 Å². The van der Waals surface area contributed by atoms with E-state index >= 15 is 0 Å². The molecule has 0 atom stereocenters. The smallest absolute Gasteiger partial charge is 0.334 e. The maximum atomic E-state index is 14.2. The SMILES string of the molecule is Cc1ccc(-c2[nH]c(C(F)(F)F)nc2-c2ccc(S(C)(=O)=O)c(F)c2)cc1F. The molecule has 0 aliphatic rings. The van der Waals surface area contributed by atoms with E-state index in [-0.39, 0.29) is 22.5 Å². The first-order valence-electron chi connectivity index (χ1n) is 7.81. The number of benzene rings is 2. The minimum absolute atomic E-state index is 0.0775. The summed E-state index contributed by atoms with van der Waals surface area (Å²) in [6.07, 6.45) is -4.01. The minimum Gasteiger partial charge on any atom is -0.334 e. The van der Waals surface area contributed by atoms with Crippen LogP contribution in [0.25, 0.3) is 22.5 Å². The van der Waals surface area contributed by atoms with Gasteiger partial charge >= 0.3 is 6.18 Å². The van der Waals surface area contributed by atoms with E-state index in [0.29, 0.717) is 5.56 Å². The third-order valence-electron chi connectivity index (χ3n) is 4.04. The molecule has 0 aliphatic carbocycles. The molecule has 10 heteroatoms. The minimum atomic E-state index is -4.82. The van der Waals surface area contributed by atoms with Crippen molar-refractivity contribution in [3.8, 4) is 22.5 Å². The zero-order valence-corrected chi connectivity index (χ0v) is 15.3. The maximum Gasteiger partial charge on any atom is 0.449 e. The fraction of sp³-hybridized carbons (Fsp3) is 0.167. The number of aryl methyl sites for hydroxylation is 1. The summed E-state index contributed by atoms with van der Waals surface area (Å²) in [6.45, 7) is 1.49. The molecule has 0 bridgehead atoms. The summed E-state index contributed by atoms with van der Waals surface area (Å²) in [5.74, 6) is -3.10. The quantitative estimate of drug-likeness (QED) is 0.627. The molecule has 0 saturated heterocycles. The van der Waals surface area contributed by atoms with Crippen LogP contribution in [0.3, 0.4) is 0 Å². The Kier molecular flexibility index (Phi) is 4.78. The molecule has 0 aliphatic heterocycles. The lowest BCUT2D eigenvalue weighted by atomic mass is 10.0. The summed E-state index contributed by atoms with van der Waals surface area (Å²) in [7, 11) is -3.86.